The average molecular weight is 467 g/mol. The molecule has 0 bridgehead atoms. The SMILES string of the molecule is COc1ccc(CNS(=O)(=O)c2ccc(F)c(C(=O)Nc3ccc(Cl)cc3F)c2)cc1. The quantitative estimate of drug-likeness (QED) is 0.542. The Labute approximate surface area is 182 Å². The number of carbonyl (C=O) groups excluding carboxylic acids is 1. The molecule has 3 aromatic rings. The maximum atomic E-state index is 14.2. The van der Waals surface area contributed by atoms with E-state index in [1.807, 2.05) is 0 Å². The van der Waals surface area contributed by atoms with Crippen LogP contribution in [0.2, 0.25) is 5.02 Å². The summed E-state index contributed by atoms with van der Waals surface area (Å²) in [5.41, 5.74) is -0.107. The Kier molecular flexibility index (Phi) is 6.89. The van der Waals surface area contributed by atoms with Gasteiger partial charge < -0.3 is 10.1 Å². The molecule has 0 saturated heterocycles. The Morgan fingerprint density at radius 2 is 1.71 bits per heavy atom. The first-order chi connectivity index (χ1) is 14.7. The number of amides is 1. The second-order valence-electron chi connectivity index (χ2n) is 6.39. The van der Waals surface area contributed by atoms with Crippen molar-refractivity contribution in [3.8, 4) is 5.75 Å². The summed E-state index contributed by atoms with van der Waals surface area (Å²) < 4.78 is 60.7. The molecule has 6 nitrogen and oxygen atoms in total. The Hall–Kier alpha value is -3.01. The van der Waals surface area contributed by atoms with Crippen molar-refractivity contribution in [3.05, 3.63) is 88.4 Å². The molecule has 31 heavy (non-hydrogen) atoms. The molecule has 0 heterocycles. The number of nitrogens with one attached hydrogen (secondary N) is 2. The maximum absolute atomic E-state index is 14.2. The molecule has 162 valence electrons. The lowest BCUT2D eigenvalue weighted by molar-refractivity contribution is 0.102. The van der Waals surface area contributed by atoms with Gasteiger partial charge in [0.15, 0.2) is 0 Å². The molecule has 0 spiro atoms. The van der Waals surface area contributed by atoms with Gasteiger partial charge >= 0.3 is 0 Å². The molecule has 0 aromatic heterocycles. The van der Waals surface area contributed by atoms with Gasteiger partial charge in [-0.15, -0.1) is 0 Å². The highest BCUT2D eigenvalue weighted by Crippen LogP contribution is 2.22. The van der Waals surface area contributed by atoms with Gasteiger partial charge in [-0.3, -0.25) is 4.79 Å². The van der Waals surface area contributed by atoms with E-state index in [1.165, 1.54) is 19.2 Å². The van der Waals surface area contributed by atoms with Crippen molar-refractivity contribution in [2.75, 3.05) is 12.4 Å². The van der Waals surface area contributed by atoms with Crippen LogP contribution in [0.5, 0.6) is 5.75 Å². The van der Waals surface area contributed by atoms with Crippen molar-refractivity contribution >= 4 is 33.2 Å². The van der Waals surface area contributed by atoms with Crippen LogP contribution in [0.25, 0.3) is 0 Å². The largest absolute Gasteiger partial charge is 0.497 e. The third kappa shape index (κ3) is 5.57. The number of halogens is 3. The summed E-state index contributed by atoms with van der Waals surface area (Å²) in [7, 11) is -2.54. The first-order valence-corrected chi connectivity index (χ1v) is 10.7. The van der Waals surface area contributed by atoms with Gasteiger partial charge in [0, 0.05) is 11.6 Å². The predicted octanol–water partition coefficient (Wildman–Crippen LogP) is 4.36. The van der Waals surface area contributed by atoms with Crippen LogP contribution < -0.4 is 14.8 Å². The smallest absolute Gasteiger partial charge is 0.258 e. The number of methoxy groups -OCH3 is 1. The molecule has 0 aliphatic carbocycles. The number of rotatable bonds is 7. The van der Waals surface area contributed by atoms with E-state index in [2.05, 4.69) is 10.0 Å². The number of ether oxygens (including phenoxy) is 1. The van der Waals surface area contributed by atoms with E-state index >= 15 is 0 Å². The zero-order valence-corrected chi connectivity index (χ0v) is 17.7. The standard InChI is InChI=1S/C21H17ClF2N2O4S/c1-30-15-5-2-13(3-6-15)12-25-31(28,29)16-7-8-18(23)17(11-16)21(27)26-20-9-4-14(22)10-19(20)24/h2-11,25H,12H2,1H3,(H,26,27). The minimum atomic E-state index is -4.05. The van der Waals surface area contributed by atoms with Crippen LogP contribution in [0.1, 0.15) is 15.9 Å². The molecule has 0 fully saturated rings. The zero-order valence-electron chi connectivity index (χ0n) is 16.2. The van der Waals surface area contributed by atoms with Crippen molar-refractivity contribution in [2.45, 2.75) is 11.4 Å². The van der Waals surface area contributed by atoms with Crippen molar-refractivity contribution < 1.29 is 26.7 Å². The van der Waals surface area contributed by atoms with Crippen LogP contribution in [0.4, 0.5) is 14.5 Å². The van der Waals surface area contributed by atoms with E-state index in [0.29, 0.717) is 11.3 Å². The highest BCUT2D eigenvalue weighted by atomic mass is 35.5. The fraction of sp³-hybridized carbons (Fsp3) is 0.0952. The van der Waals surface area contributed by atoms with E-state index in [0.717, 1.165) is 24.3 Å². The molecule has 1 amide bonds. The van der Waals surface area contributed by atoms with Crippen molar-refractivity contribution in [1.82, 2.24) is 4.72 Å². The number of carbonyl (C=O) groups is 1. The fourth-order valence-electron chi connectivity index (χ4n) is 2.63. The average Bonchev–Trinajstić information content (AvgIpc) is 2.74. The highest BCUT2D eigenvalue weighted by Gasteiger charge is 2.20. The first kappa shape index (κ1) is 22.7. The summed E-state index contributed by atoms with van der Waals surface area (Å²) in [5, 5.41) is 2.33. The maximum Gasteiger partial charge on any atom is 0.258 e. The van der Waals surface area contributed by atoms with E-state index < -0.39 is 33.1 Å². The summed E-state index contributed by atoms with van der Waals surface area (Å²) in [4.78, 5) is 12.1. The summed E-state index contributed by atoms with van der Waals surface area (Å²) in [6.45, 7) is -0.0266. The normalized spacial score (nSPS) is 11.2. The minimum absolute atomic E-state index is 0.0266. The molecule has 0 saturated carbocycles. The fourth-order valence-corrected chi connectivity index (χ4v) is 3.83. The van der Waals surface area contributed by atoms with Gasteiger partial charge in [0.05, 0.1) is 23.3 Å². The lowest BCUT2D eigenvalue weighted by Gasteiger charge is -2.11. The van der Waals surface area contributed by atoms with Crippen LogP contribution >= 0.6 is 11.6 Å². The van der Waals surface area contributed by atoms with Crippen molar-refractivity contribution in [3.63, 3.8) is 0 Å². The van der Waals surface area contributed by atoms with Crippen molar-refractivity contribution in [2.24, 2.45) is 0 Å². The lowest BCUT2D eigenvalue weighted by atomic mass is 10.2. The van der Waals surface area contributed by atoms with Gasteiger partial charge in [0.2, 0.25) is 10.0 Å². The van der Waals surface area contributed by atoms with Crippen molar-refractivity contribution in [1.29, 1.82) is 0 Å². The molecule has 3 rings (SSSR count). The number of sulfonamides is 1. The van der Waals surface area contributed by atoms with Gasteiger partial charge in [-0.2, -0.15) is 0 Å². The van der Waals surface area contributed by atoms with Crippen LogP contribution in [-0.4, -0.2) is 21.4 Å². The minimum Gasteiger partial charge on any atom is -0.497 e. The van der Waals surface area contributed by atoms with E-state index in [1.54, 1.807) is 24.3 Å². The molecule has 0 aliphatic rings. The van der Waals surface area contributed by atoms with Gasteiger partial charge in [0.25, 0.3) is 5.91 Å². The molecular weight excluding hydrogens is 450 g/mol. The van der Waals surface area contributed by atoms with Gasteiger partial charge in [-0.25, -0.2) is 21.9 Å². The van der Waals surface area contributed by atoms with Crippen LogP contribution in [0.3, 0.4) is 0 Å². The van der Waals surface area contributed by atoms with Gasteiger partial charge in [-0.05, 0) is 54.1 Å². The third-order valence-corrected chi connectivity index (χ3v) is 5.93. The first-order valence-electron chi connectivity index (χ1n) is 8.88. The van der Waals surface area contributed by atoms with Gasteiger partial charge in [-0.1, -0.05) is 23.7 Å². The monoisotopic (exact) mass is 466 g/mol. The molecule has 0 unspecified atom stereocenters. The predicted molar refractivity (Wildman–Crippen MR) is 113 cm³/mol. The van der Waals surface area contributed by atoms with Crippen LogP contribution in [0.15, 0.2) is 65.6 Å². The second kappa shape index (κ2) is 9.42. The number of anilines is 1. The Bertz CT molecular complexity index is 1220. The number of hydrogen-bond acceptors (Lipinski definition) is 4. The van der Waals surface area contributed by atoms with Crippen LogP contribution in [0, 0.1) is 11.6 Å². The van der Waals surface area contributed by atoms with E-state index in [-0.39, 0.29) is 22.2 Å². The van der Waals surface area contributed by atoms with Gasteiger partial charge in [0.1, 0.15) is 17.4 Å². The third-order valence-electron chi connectivity index (χ3n) is 4.30. The summed E-state index contributed by atoms with van der Waals surface area (Å²) in [5.74, 6) is -2.16. The summed E-state index contributed by atoms with van der Waals surface area (Å²) in [6, 6.07) is 13.1. The molecule has 0 atom stereocenters. The van der Waals surface area contributed by atoms with E-state index in [9.17, 15) is 22.0 Å². The Morgan fingerprint density at radius 3 is 2.35 bits per heavy atom. The zero-order chi connectivity index (χ0) is 22.6. The molecule has 0 aliphatic heterocycles. The van der Waals surface area contributed by atoms with Crippen LogP contribution in [-0.2, 0) is 16.6 Å². The molecule has 2 N–H and O–H groups in total. The molecular formula is C21H17ClF2N2O4S. The summed E-state index contributed by atoms with van der Waals surface area (Å²) in [6.07, 6.45) is 0. The molecule has 3 aromatic carbocycles. The Balaban J connectivity index is 1.78. The summed E-state index contributed by atoms with van der Waals surface area (Å²) >= 11 is 5.66. The highest BCUT2D eigenvalue weighted by molar-refractivity contribution is 7.89. The number of benzene rings is 3. The lowest BCUT2D eigenvalue weighted by Crippen LogP contribution is -2.24. The number of hydrogen-bond donors (Lipinski definition) is 2. The molecule has 10 heteroatoms. The second-order valence-corrected chi connectivity index (χ2v) is 8.60. The topological polar surface area (TPSA) is 84.5 Å². The Morgan fingerprint density at radius 1 is 1.00 bits per heavy atom. The molecule has 0 radical (unpaired) electrons. The van der Waals surface area contributed by atoms with E-state index in [4.69, 9.17) is 16.3 Å².